The third-order valence-electron chi connectivity index (χ3n) is 5.30. The molecule has 0 unspecified atom stereocenters. The van der Waals surface area contributed by atoms with E-state index in [4.69, 9.17) is 0 Å². The molecule has 1 saturated heterocycles. The SMILES string of the molecule is CCN1CCCN(c2ccn3ncc(C(=O)Nc4cn(C)nc4C(F)(F)F)c3n2)CC1. The number of nitrogens with zero attached hydrogens (tertiary/aromatic N) is 7. The molecular weight excluding hydrogens is 413 g/mol. The van der Waals surface area contributed by atoms with Crippen LogP contribution in [0, 0.1) is 0 Å². The normalized spacial score (nSPS) is 16.0. The molecule has 31 heavy (non-hydrogen) atoms. The summed E-state index contributed by atoms with van der Waals surface area (Å²) < 4.78 is 42.0. The summed E-state index contributed by atoms with van der Waals surface area (Å²) in [7, 11) is 1.36. The highest BCUT2D eigenvalue weighted by atomic mass is 19.4. The number of aryl methyl sites for hydroxylation is 1. The third-order valence-corrected chi connectivity index (χ3v) is 5.30. The van der Waals surface area contributed by atoms with Gasteiger partial charge in [-0.05, 0) is 25.6 Å². The van der Waals surface area contributed by atoms with Gasteiger partial charge in [-0.15, -0.1) is 0 Å². The van der Waals surface area contributed by atoms with Crippen LogP contribution >= 0.6 is 0 Å². The Hall–Kier alpha value is -3.15. The van der Waals surface area contributed by atoms with Gasteiger partial charge in [-0.3, -0.25) is 9.48 Å². The summed E-state index contributed by atoms with van der Waals surface area (Å²) in [4.78, 5) is 21.9. The summed E-state index contributed by atoms with van der Waals surface area (Å²) in [5.41, 5.74) is -1.20. The number of carbonyl (C=O) groups is 1. The number of fused-ring (bicyclic) bond motifs is 1. The second-order valence-corrected chi connectivity index (χ2v) is 7.40. The maximum atomic E-state index is 13.2. The van der Waals surface area contributed by atoms with Crippen LogP contribution < -0.4 is 10.2 Å². The fourth-order valence-electron chi connectivity index (χ4n) is 3.69. The highest BCUT2D eigenvalue weighted by molar-refractivity contribution is 6.08. The lowest BCUT2D eigenvalue weighted by molar-refractivity contribution is -0.140. The Morgan fingerprint density at radius 3 is 2.77 bits per heavy atom. The molecule has 0 aliphatic carbocycles. The summed E-state index contributed by atoms with van der Waals surface area (Å²) in [5, 5.41) is 9.82. The molecule has 0 radical (unpaired) electrons. The number of hydrogen-bond acceptors (Lipinski definition) is 6. The quantitative estimate of drug-likeness (QED) is 0.676. The van der Waals surface area contributed by atoms with E-state index < -0.39 is 23.5 Å². The zero-order valence-corrected chi connectivity index (χ0v) is 17.2. The van der Waals surface area contributed by atoms with Crippen LogP contribution in [0.1, 0.15) is 29.4 Å². The van der Waals surface area contributed by atoms with E-state index in [1.54, 1.807) is 6.20 Å². The van der Waals surface area contributed by atoms with Gasteiger partial charge in [0.05, 0.1) is 11.9 Å². The number of hydrogen-bond donors (Lipinski definition) is 1. The smallest absolute Gasteiger partial charge is 0.355 e. The second kappa shape index (κ2) is 8.17. The first kappa shape index (κ1) is 21.1. The van der Waals surface area contributed by atoms with E-state index in [0.29, 0.717) is 5.82 Å². The summed E-state index contributed by atoms with van der Waals surface area (Å²) in [6.07, 6.45) is 0.417. The predicted molar refractivity (Wildman–Crippen MR) is 108 cm³/mol. The first-order valence-electron chi connectivity index (χ1n) is 10.00. The van der Waals surface area contributed by atoms with E-state index in [-0.39, 0.29) is 11.2 Å². The van der Waals surface area contributed by atoms with E-state index in [9.17, 15) is 18.0 Å². The maximum Gasteiger partial charge on any atom is 0.437 e. The minimum Gasteiger partial charge on any atom is -0.355 e. The van der Waals surface area contributed by atoms with Crippen LogP contribution in [0.25, 0.3) is 5.65 Å². The van der Waals surface area contributed by atoms with Gasteiger partial charge in [0.2, 0.25) is 0 Å². The molecule has 1 aliphatic heterocycles. The average Bonchev–Trinajstić information content (AvgIpc) is 3.22. The standard InChI is InChI=1S/C19H23F3N8O/c1-3-28-6-4-7-29(10-9-28)15-5-8-30-17(25-15)13(11-23-30)18(31)24-14-12-27(2)26-16(14)19(20,21)22/h5,8,11-12H,3-4,6-7,9-10H2,1-2H3,(H,24,31). The van der Waals surface area contributed by atoms with Crippen molar-refractivity contribution >= 4 is 23.1 Å². The van der Waals surface area contributed by atoms with Gasteiger partial charge in [0.15, 0.2) is 11.3 Å². The molecule has 0 saturated carbocycles. The van der Waals surface area contributed by atoms with Gasteiger partial charge >= 0.3 is 6.18 Å². The monoisotopic (exact) mass is 436 g/mol. The molecule has 1 fully saturated rings. The Balaban J connectivity index is 1.60. The second-order valence-electron chi connectivity index (χ2n) is 7.40. The van der Waals surface area contributed by atoms with Crippen molar-refractivity contribution in [1.29, 1.82) is 0 Å². The molecule has 1 N–H and O–H groups in total. The van der Waals surface area contributed by atoms with Gasteiger partial charge in [0.25, 0.3) is 5.91 Å². The zero-order valence-electron chi connectivity index (χ0n) is 17.2. The number of carbonyl (C=O) groups excluding carboxylic acids is 1. The molecule has 0 spiro atoms. The Bertz CT molecular complexity index is 1090. The summed E-state index contributed by atoms with van der Waals surface area (Å²) in [5.74, 6) is -0.0245. The number of likely N-dealkylation sites (N-methyl/N-ethyl adjacent to an activating group) is 1. The Morgan fingerprint density at radius 2 is 2.03 bits per heavy atom. The predicted octanol–water partition coefficient (Wildman–Crippen LogP) is 2.27. The lowest BCUT2D eigenvalue weighted by atomic mass is 10.3. The van der Waals surface area contributed by atoms with Crippen LogP contribution in [0.15, 0.2) is 24.7 Å². The lowest BCUT2D eigenvalue weighted by Crippen LogP contribution is -2.31. The highest BCUT2D eigenvalue weighted by Crippen LogP contribution is 2.33. The Morgan fingerprint density at radius 1 is 1.23 bits per heavy atom. The molecule has 3 aromatic heterocycles. The number of rotatable bonds is 4. The van der Waals surface area contributed by atoms with Crippen LogP contribution in [-0.4, -0.2) is 67.9 Å². The molecule has 166 valence electrons. The lowest BCUT2D eigenvalue weighted by Gasteiger charge is -2.22. The molecule has 9 nitrogen and oxygen atoms in total. The van der Waals surface area contributed by atoms with Gasteiger partial charge < -0.3 is 15.1 Å². The van der Waals surface area contributed by atoms with Crippen LogP contribution in [-0.2, 0) is 13.2 Å². The van der Waals surface area contributed by atoms with Crippen LogP contribution in [0.4, 0.5) is 24.7 Å². The first-order chi connectivity index (χ1) is 14.8. The van der Waals surface area contributed by atoms with Crippen molar-refractivity contribution < 1.29 is 18.0 Å². The van der Waals surface area contributed by atoms with Gasteiger partial charge in [0.1, 0.15) is 11.4 Å². The third kappa shape index (κ3) is 4.33. The van der Waals surface area contributed by atoms with Crippen molar-refractivity contribution in [3.05, 3.63) is 35.9 Å². The molecule has 0 aromatic carbocycles. The van der Waals surface area contributed by atoms with E-state index in [2.05, 4.69) is 37.2 Å². The van der Waals surface area contributed by atoms with E-state index in [1.165, 1.54) is 17.8 Å². The molecule has 0 atom stereocenters. The van der Waals surface area contributed by atoms with Crippen molar-refractivity contribution in [2.45, 2.75) is 19.5 Å². The molecule has 3 aromatic rings. The molecular formula is C19H23F3N8O. The molecule has 1 amide bonds. The van der Waals surface area contributed by atoms with Crippen LogP contribution in [0.3, 0.4) is 0 Å². The van der Waals surface area contributed by atoms with Crippen LogP contribution in [0.2, 0.25) is 0 Å². The van der Waals surface area contributed by atoms with Gasteiger partial charge in [-0.2, -0.15) is 23.4 Å². The fourth-order valence-corrected chi connectivity index (χ4v) is 3.69. The molecule has 12 heteroatoms. The largest absolute Gasteiger partial charge is 0.437 e. The first-order valence-corrected chi connectivity index (χ1v) is 10.00. The molecule has 0 bridgehead atoms. The molecule has 4 rings (SSSR count). The number of anilines is 2. The van der Waals surface area contributed by atoms with E-state index >= 15 is 0 Å². The zero-order chi connectivity index (χ0) is 22.2. The number of aromatic nitrogens is 5. The number of alkyl halides is 3. The average molecular weight is 436 g/mol. The fraction of sp³-hybridized carbons (Fsp3) is 0.474. The van der Waals surface area contributed by atoms with E-state index in [0.717, 1.165) is 50.0 Å². The Labute approximate surface area is 176 Å². The topological polar surface area (TPSA) is 83.6 Å². The van der Waals surface area contributed by atoms with E-state index in [1.807, 2.05) is 6.07 Å². The summed E-state index contributed by atoms with van der Waals surface area (Å²) in [6.45, 7) is 6.68. The summed E-state index contributed by atoms with van der Waals surface area (Å²) in [6, 6.07) is 1.83. The molecule has 4 heterocycles. The van der Waals surface area contributed by atoms with Gasteiger partial charge in [0, 0.05) is 39.1 Å². The number of amides is 1. The van der Waals surface area contributed by atoms with Crippen molar-refractivity contribution in [3.8, 4) is 0 Å². The van der Waals surface area contributed by atoms with Crippen molar-refractivity contribution in [1.82, 2.24) is 29.3 Å². The van der Waals surface area contributed by atoms with Crippen molar-refractivity contribution in [3.63, 3.8) is 0 Å². The Kier molecular flexibility index (Phi) is 5.56. The molecule has 1 aliphatic rings. The van der Waals surface area contributed by atoms with Gasteiger partial charge in [-0.25, -0.2) is 9.50 Å². The minimum absolute atomic E-state index is 0.0869. The maximum absolute atomic E-state index is 13.2. The highest BCUT2D eigenvalue weighted by Gasteiger charge is 2.38. The number of nitrogens with one attached hydrogen (secondary N) is 1. The van der Waals surface area contributed by atoms with Gasteiger partial charge in [-0.1, -0.05) is 6.92 Å². The minimum atomic E-state index is -4.68. The summed E-state index contributed by atoms with van der Waals surface area (Å²) >= 11 is 0. The van der Waals surface area contributed by atoms with Crippen molar-refractivity contribution in [2.75, 3.05) is 42.9 Å². The van der Waals surface area contributed by atoms with Crippen LogP contribution in [0.5, 0.6) is 0 Å². The number of halogens is 3. The van der Waals surface area contributed by atoms with Crippen molar-refractivity contribution in [2.24, 2.45) is 7.05 Å².